The fourth-order valence-corrected chi connectivity index (χ4v) is 2.62. The molecule has 1 aromatic carbocycles. The first-order valence-electron chi connectivity index (χ1n) is 7.99. The van der Waals surface area contributed by atoms with E-state index in [1.165, 1.54) is 4.90 Å². The average molecular weight is 317 g/mol. The number of nitrogens with one attached hydrogen (secondary N) is 2. The molecule has 0 spiro atoms. The van der Waals surface area contributed by atoms with Crippen molar-refractivity contribution in [3.8, 4) is 0 Å². The molecular formula is C17H23N3O3. The Labute approximate surface area is 136 Å². The Morgan fingerprint density at radius 2 is 2.00 bits per heavy atom. The number of nitrogens with zero attached hydrogens (tertiary/aromatic N) is 1. The molecule has 0 radical (unpaired) electrons. The molecule has 2 N–H and O–H groups in total. The highest BCUT2D eigenvalue weighted by molar-refractivity contribution is 6.04. The monoisotopic (exact) mass is 317 g/mol. The van der Waals surface area contributed by atoms with Crippen LogP contribution in [0.2, 0.25) is 0 Å². The number of imide groups is 1. The Morgan fingerprint density at radius 3 is 2.65 bits per heavy atom. The highest BCUT2D eigenvalue weighted by Crippen LogP contribution is 2.25. The first-order chi connectivity index (χ1) is 11.0. The van der Waals surface area contributed by atoms with Crippen LogP contribution in [0.3, 0.4) is 0 Å². The van der Waals surface area contributed by atoms with E-state index in [0.29, 0.717) is 13.0 Å². The Morgan fingerprint density at radius 1 is 1.30 bits per heavy atom. The van der Waals surface area contributed by atoms with Gasteiger partial charge in [-0.25, -0.2) is 4.79 Å². The van der Waals surface area contributed by atoms with Gasteiger partial charge in [-0.15, -0.1) is 0 Å². The summed E-state index contributed by atoms with van der Waals surface area (Å²) in [4.78, 5) is 37.5. The third-order valence-electron chi connectivity index (χ3n) is 3.95. The maximum atomic E-state index is 12.5. The molecule has 1 fully saturated rings. The molecule has 23 heavy (non-hydrogen) atoms. The van der Waals surface area contributed by atoms with Crippen LogP contribution in [0.4, 0.5) is 4.79 Å². The van der Waals surface area contributed by atoms with Gasteiger partial charge in [-0.1, -0.05) is 37.3 Å². The van der Waals surface area contributed by atoms with E-state index in [9.17, 15) is 14.4 Å². The molecule has 0 aromatic heterocycles. The summed E-state index contributed by atoms with van der Waals surface area (Å²) in [7, 11) is 0. The van der Waals surface area contributed by atoms with Gasteiger partial charge in [0.2, 0.25) is 5.91 Å². The third kappa shape index (κ3) is 4.09. The molecule has 0 bridgehead atoms. The highest BCUT2D eigenvalue weighted by atomic mass is 16.2. The summed E-state index contributed by atoms with van der Waals surface area (Å²) in [6.07, 6.45) is 1.41. The van der Waals surface area contributed by atoms with E-state index in [1.54, 1.807) is 0 Å². The van der Waals surface area contributed by atoms with Gasteiger partial charge in [-0.05, 0) is 25.3 Å². The SMILES string of the molecule is CCCNC(=O)CC[C@@H]1NC(=O)N([C@@H](C)c2ccccc2)C1=O. The van der Waals surface area contributed by atoms with Crippen molar-refractivity contribution in [3.63, 3.8) is 0 Å². The van der Waals surface area contributed by atoms with Gasteiger partial charge in [-0.3, -0.25) is 14.5 Å². The van der Waals surface area contributed by atoms with E-state index < -0.39 is 12.1 Å². The Balaban J connectivity index is 1.96. The maximum absolute atomic E-state index is 12.5. The van der Waals surface area contributed by atoms with E-state index in [0.717, 1.165) is 12.0 Å². The van der Waals surface area contributed by atoms with Crippen molar-refractivity contribution in [2.45, 2.75) is 45.2 Å². The maximum Gasteiger partial charge on any atom is 0.325 e. The molecule has 0 aliphatic carbocycles. The largest absolute Gasteiger partial charge is 0.356 e. The summed E-state index contributed by atoms with van der Waals surface area (Å²) in [5, 5.41) is 5.44. The van der Waals surface area contributed by atoms with E-state index in [-0.39, 0.29) is 24.3 Å². The zero-order valence-corrected chi connectivity index (χ0v) is 13.5. The molecule has 1 saturated heterocycles. The number of carbonyl (C=O) groups is 3. The zero-order valence-electron chi connectivity index (χ0n) is 13.5. The quantitative estimate of drug-likeness (QED) is 0.755. The molecular weight excluding hydrogens is 294 g/mol. The summed E-state index contributed by atoms with van der Waals surface area (Å²) in [6.45, 7) is 4.42. The molecule has 124 valence electrons. The zero-order chi connectivity index (χ0) is 16.8. The first-order valence-corrected chi connectivity index (χ1v) is 7.99. The average Bonchev–Trinajstić information content (AvgIpc) is 2.85. The van der Waals surface area contributed by atoms with Gasteiger partial charge in [-0.2, -0.15) is 0 Å². The highest BCUT2D eigenvalue weighted by Gasteiger charge is 2.40. The van der Waals surface area contributed by atoms with Gasteiger partial charge in [0, 0.05) is 13.0 Å². The van der Waals surface area contributed by atoms with Gasteiger partial charge >= 0.3 is 6.03 Å². The van der Waals surface area contributed by atoms with Gasteiger partial charge in [0.15, 0.2) is 0 Å². The lowest BCUT2D eigenvalue weighted by Crippen LogP contribution is -2.34. The molecule has 1 aliphatic heterocycles. The third-order valence-corrected chi connectivity index (χ3v) is 3.95. The van der Waals surface area contributed by atoms with Crippen LogP contribution in [0.5, 0.6) is 0 Å². The van der Waals surface area contributed by atoms with Crippen molar-refractivity contribution in [1.29, 1.82) is 0 Å². The van der Waals surface area contributed by atoms with Gasteiger partial charge in [0.25, 0.3) is 5.91 Å². The first kappa shape index (κ1) is 17.0. The Bertz CT molecular complexity index is 574. The topological polar surface area (TPSA) is 78.5 Å². The minimum Gasteiger partial charge on any atom is -0.356 e. The molecule has 1 aromatic rings. The number of hydrogen-bond donors (Lipinski definition) is 2. The number of carbonyl (C=O) groups excluding carboxylic acids is 3. The van der Waals surface area contributed by atoms with E-state index >= 15 is 0 Å². The second-order valence-corrected chi connectivity index (χ2v) is 5.69. The number of amides is 4. The van der Waals surface area contributed by atoms with Gasteiger partial charge < -0.3 is 10.6 Å². The fourth-order valence-electron chi connectivity index (χ4n) is 2.62. The van der Waals surface area contributed by atoms with E-state index in [4.69, 9.17) is 0 Å². The second kappa shape index (κ2) is 7.76. The van der Waals surface area contributed by atoms with Gasteiger partial charge in [0.05, 0.1) is 6.04 Å². The lowest BCUT2D eigenvalue weighted by atomic mass is 10.1. The summed E-state index contributed by atoms with van der Waals surface area (Å²) in [5.41, 5.74) is 0.900. The minimum atomic E-state index is -0.624. The fraction of sp³-hybridized carbons (Fsp3) is 0.471. The number of rotatable bonds is 7. The van der Waals surface area contributed by atoms with Crippen LogP contribution in [0, 0.1) is 0 Å². The van der Waals surface area contributed by atoms with Crippen LogP contribution in [-0.4, -0.2) is 35.3 Å². The van der Waals surface area contributed by atoms with Crippen molar-refractivity contribution in [1.82, 2.24) is 15.5 Å². The molecule has 6 nitrogen and oxygen atoms in total. The Hall–Kier alpha value is -2.37. The lowest BCUT2D eigenvalue weighted by molar-refractivity contribution is -0.129. The second-order valence-electron chi connectivity index (χ2n) is 5.69. The summed E-state index contributed by atoms with van der Waals surface area (Å²) in [6, 6.07) is 8.06. The summed E-state index contributed by atoms with van der Waals surface area (Å²) < 4.78 is 0. The molecule has 6 heteroatoms. The van der Waals surface area contributed by atoms with E-state index in [2.05, 4.69) is 10.6 Å². The number of hydrogen-bond acceptors (Lipinski definition) is 3. The standard InChI is InChI=1S/C17H23N3O3/c1-3-11-18-15(21)10-9-14-16(22)20(17(23)19-14)12(2)13-7-5-4-6-8-13/h4-8,12,14H,3,9-11H2,1-2H3,(H,18,21)(H,19,23)/t12-,14-/m0/s1. The molecule has 0 saturated carbocycles. The lowest BCUT2D eigenvalue weighted by Gasteiger charge is -2.21. The van der Waals surface area contributed by atoms with Crippen molar-refractivity contribution < 1.29 is 14.4 Å². The van der Waals surface area contributed by atoms with Crippen LogP contribution in [0.25, 0.3) is 0 Å². The van der Waals surface area contributed by atoms with Crippen LogP contribution < -0.4 is 10.6 Å². The van der Waals surface area contributed by atoms with Crippen molar-refractivity contribution >= 4 is 17.8 Å². The molecule has 1 aliphatic rings. The Kier molecular flexibility index (Phi) is 5.73. The molecule has 2 rings (SSSR count). The molecule has 1 heterocycles. The van der Waals surface area contributed by atoms with Crippen LogP contribution in [0.15, 0.2) is 30.3 Å². The van der Waals surface area contributed by atoms with Crippen LogP contribution >= 0.6 is 0 Å². The minimum absolute atomic E-state index is 0.0940. The van der Waals surface area contributed by atoms with Gasteiger partial charge in [0.1, 0.15) is 6.04 Å². The normalized spacial score (nSPS) is 18.7. The molecule has 4 amide bonds. The van der Waals surface area contributed by atoms with E-state index in [1.807, 2.05) is 44.2 Å². The number of benzene rings is 1. The summed E-state index contributed by atoms with van der Waals surface area (Å²) in [5.74, 6) is -0.363. The van der Waals surface area contributed by atoms with Crippen LogP contribution in [0.1, 0.15) is 44.7 Å². The predicted octanol–water partition coefficient (Wildman–Crippen LogP) is 1.97. The summed E-state index contributed by atoms with van der Waals surface area (Å²) >= 11 is 0. The molecule has 2 atom stereocenters. The predicted molar refractivity (Wildman–Crippen MR) is 86.6 cm³/mol. The van der Waals surface area contributed by atoms with Crippen molar-refractivity contribution in [2.75, 3.05) is 6.54 Å². The smallest absolute Gasteiger partial charge is 0.325 e. The van der Waals surface area contributed by atoms with Crippen molar-refractivity contribution in [3.05, 3.63) is 35.9 Å². The number of urea groups is 1. The van der Waals surface area contributed by atoms with Crippen LogP contribution in [-0.2, 0) is 9.59 Å². The molecule has 0 unspecified atom stereocenters. The van der Waals surface area contributed by atoms with Crippen molar-refractivity contribution in [2.24, 2.45) is 0 Å².